The van der Waals surface area contributed by atoms with Crippen LogP contribution in [0.1, 0.15) is 50.7 Å². The molecule has 124 valence electrons. The molecule has 4 nitrogen and oxygen atoms in total. The minimum atomic E-state index is -0.459. The predicted octanol–water partition coefficient (Wildman–Crippen LogP) is 4.33. The molecule has 1 unspecified atom stereocenters. The van der Waals surface area contributed by atoms with Crippen LogP contribution in [-0.4, -0.2) is 34.8 Å². The summed E-state index contributed by atoms with van der Waals surface area (Å²) in [5.41, 5.74) is 1.87. The minimum absolute atomic E-state index is 0.0759. The van der Waals surface area contributed by atoms with Crippen molar-refractivity contribution < 1.29 is 14.6 Å². The van der Waals surface area contributed by atoms with Gasteiger partial charge in [0.05, 0.1) is 0 Å². The van der Waals surface area contributed by atoms with Crippen LogP contribution in [0.15, 0.2) is 30.0 Å². The van der Waals surface area contributed by atoms with Crippen molar-refractivity contribution in [1.29, 1.82) is 0 Å². The maximum Gasteiger partial charge on any atom is 0.410 e. The second-order valence-corrected chi connectivity index (χ2v) is 7.48. The molecule has 0 aromatic heterocycles. The molecule has 0 radical (unpaired) electrons. The lowest BCUT2D eigenvalue weighted by Crippen LogP contribution is -2.42. The van der Waals surface area contributed by atoms with E-state index in [1.807, 2.05) is 45.0 Å². The van der Waals surface area contributed by atoms with Crippen molar-refractivity contribution in [2.75, 3.05) is 13.1 Å². The molecule has 1 N–H and O–H groups in total. The Morgan fingerprint density at radius 2 is 1.87 bits per heavy atom. The third kappa shape index (κ3) is 3.36. The zero-order valence-corrected chi connectivity index (χ0v) is 14.1. The first kappa shape index (κ1) is 15.9. The first-order valence-corrected chi connectivity index (χ1v) is 8.32. The molecule has 1 fully saturated rings. The molecule has 3 rings (SSSR count). The van der Waals surface area contributed by atoms with Crippen molar-refractivity contribution >= 4 is 12.2 Å². The van der Waals surface area contributed by atoms with E-state index in [0.717, 1.165) is 18.4 Å². The standard InChI is InChI=1S/C19H25NO3/c1-19(2,3)23-18(22)20-10-8-13(9-11-20)17-15-7-5-4-6-14(15)12-16(17)21/h4-7,12-13,17,21H,8-11H2,1-3H3. The van der Waals surface area contributed by atoms with Crippen LogP contribution in [0.5, 0.6) is 0 Å². The highest BCUT2D eigenvalue weighted by Crippen LogP contribution is 2.43. The van der Waals surface area contributed by atoms with E-state index in [9.17, 15) is 9.90 Å². The molecule has 1 aliphatic carbocycles. The number of ether oxygens (including phenoxy) is 1. The molecular weight excluding hydrogens is 290 g/mol. The van der Waals surface area contributed by atoms with Gasteiger partial charge in [-0.15, -0.1) is 0 Å². The van der Waals surface area contributed by atoms with E-state index in [0.29, 0.717) is 24.8 Å². The molecule has 1 atom stereocenters. The van der Waals surface area contributed by atoms with Crippen molar-refractivity contribution in [3.8, 4) is 0 Å². The van der Waals surface area contributed by atoms with E-state index < -0.39 is 5.60 Å². The van der Waals surface area contributed by atoms with Gasteiger partial charge in [-0.2, -0.15) is 0 Å². The molecule has 0 spiro atoms. The number of amides is 1. The third-order valence-electron chi connectivity index (χ3n) is 4.62. The van der Waals surface area contributed by atoms with Crippen LogP contribution in [0.3, 0.4) is 0 Å². The highest BCUT2D eigenvalue weighted by molar-refractivity contribution is 5.68. The number of hydrogen-bond acceptors (Lipinski definition) is 3. The Morgan fingerprint density at radius 3 is 2.52 bits per heavy atom. The molecule has 0 bridgehead atoms. The highest BCUT2D eigenvalue weighted by Gasteiger charge is 2.36. The lowest BCUT2D eigenvalue weighted by atomic mass is 9.80. The minimum Gasteiger partial charge on any atom is -0.512 e. The van der Waals surface area contributed by atoms with Gasteiger partial charge in [0, 0.05) is 19.0 Å². The Balaban J connectivity index is 1.64. The second-order valence-electron chi connectivity index (χ2n) is 7.48. The second kappa shape index (κ2) is 5.91. The molecule has 1 aromatic carbocycles. The van der Waals surface area contributed by atoms with Gasteiger partial charge in [0.2, 0.25) is 0 Å². The summed E-state index contributed by atoms with van der Waals surface area (Å²) in [4.78, 5) is 13.9. The van der Waals surface area contributed by atoms with Crippen molar-refractivity contribution in [3.05, 3.63) is 41.2 Å². The fourth-order valence-corrected chi connectivity index (χ4v) is 3.57. The molecule has 1 aromatic rings. The fraction of sp³-hybridized carbons (Fsp3) is 0.526. The normalized spacial score (nSPS) is 21.8. The molecule has 2 aliphatic rings. The number of fused-ring (bicyclic) bond motifs is 1. The van der Waals surface area contributed by atoms with E-state index in [4.69, 9.17) is 4.74 Å². The number of carbonyl (C=O) groups excluding carboxylic acids is 1. The summed E-state index contributed by atoms with van der Waals surface area (Å²) in [6, 6.07) is 8.16. The number of hydrogen-bond donors (Lipinski definition) is 1. The van der Waals surface area contributed by atoms with Gasteiger partial charge in [-0.1, -0.05) is 24.3 Å². The molecule has 23 heavy (non-hydrogen) atoms. The molecule has 1 heterocycles. The van der Waals surface area contributed by atoms with Gasteiger partial charge in [-0.3, -0.25) is 0 Å². The van der Waals surface area contributed by atoms with Gasteiger partial charge in [-0.05, 0) is 56.7 Å². The van der Waals surface area contributed by atoms with Crippen molar-refractivity contribution in [1.82, 2.24) is 4.90 Å². The van der Waals surface area contributed by atoms with E-state index >= 15 is 0 Å². The zero-order valence-electron chi connectivity index (χ0n) is 14.1. The van der Waals surface area contributed by atoms with Gasteiger partial charge < -0.3 is 14.7 Å². The van der Waals surface area contributed by atoms with Crippen LogP contribution in [0.2, 0.25) is 0 Å². The number of aliphatic hydroxyl groups is 1. The maximum absolute atomic E-state index is 12.1. The zero-order chi connectivity index (χ0) is 16.6. The maximum atomic E-state index is 12.1. The number of likely N-dealkylation sites (tertiary alicyclic amines) is 1. The summed E-state index contributed by atoms with van der Waals surface area (Å²) < 4.78 is 5.44. The summed E-state index contributed by atoms with van der Waals surface area (Å²) in [6.07, 6.45) is 3.41. The van der Waals surface area contributed by atoms with Crippen LogP contribution in [-0.2, 0) is 4.74 Å². The van der Waals surface area contributed by atoms with Crippen LogP contribution < -0.4 is 0 Å². The van der Waals surface area contributed by atoms with Gasteiger partial charge in [-0.25, -0.2) is 4.79 Å². The topological polar surface area (TPSA) is 49.8 Å². The number of aliphatic hydroxyl groups excluding tert-OH is 1. The van der Waals surface area contributed by atoms with Gasteiger partial charge in [0.1, 0.15) is 11.4 Å². The van der Waals surface area contributed by atoms with Crippen molar-refractivity contribution in [2.45, 2.75) is 45.1 Å². The smallest absolute Gasteiger partial charge is 0.410 e. The lowest BCUT2D eigenvalue weighted by molar-refractivity contribution is 0.0174. The van der Waals surface area contributed by atoms with Crippen LogP contribution >= 0.6 is 0 Å². The van der Waals surface area contributed by atoms with Crippen molar-refractivity contribution in [3.63, 3.8) is 0 Å². The van der Waals surface area contributed by atoms with Crippen molar-refractivity contribution in [2.24, 2.45) is 5.92 Å². The number of allylic oxidation sites excluding steroid dienone is 1. The SMILES string of the molecule is CC(C)(C)OC(=O)N1CCC(C2C(O)=Cc3ccccc32)CC1. The Hall–Kier alpha value is -1.97. The molecular formula is C19H25NO3. The molecule has 0 saturated carbocycles. The Morgan fingerprint density at radius 1 is 1.22 bits per heavy atom. The molecule has 1 aliphatic heterocycles. The van der Waals surface area contributed by atoms with Gasteiger partial charge >= 0.3 is 6.09 Å². The summed E-state index contributed by atoms with van der Waals surface area (Å²) in [6.45, 7) is 7.03. The summed E-state index contributed by atoms with van der Waals surface area (Å²) in [5, 5.41) is 10.3. The van der Waals surface area contributed by atoms with Crippen LogP contribution in [0, 0.1) is 5.92 Å². The van der Waals surface area contributed by atoms with E-state index in [2.05, 4.69) is 6.07 Å². The van der Waals surface area contributed by atoms with Gasteiger partial charge in [0.25, 0.3) is 0 Å². The Bertz CT molecular complexity index is 622. The molecule has 1 amide bonds. The Labute approximate surface area is 137 Å². The summed E-state index contributed by atoms with van der Waals surface area (Å²) in [5.74, 6) is 0.905. The quantitative estimate of drug-likeness (QED) is 0.839. The average molecular weight is 315 g/mol. The van der Waals surface area contributed by atoms with E-state index in [1.165, 1.54) is 5.56 Å². The fourth-order valence-electron chi connectivity index (χ4n) is 3.57. The number of benzene rings is 1. The van der Waals surface area contributed by atoms with Gasteiger partial charge in [0.15, 0.2) is 0 Å². The number of nitrogens with zero attached hydrogens (tertiary/aromatic N) is 1. The largest absolute Gasteiger partial charge is 0.512 e. The van der Waals surface area contributed by atoms with Crippen LogP contribution in [0.25, 0.3) is 6.08 Å². The van der Waals surface area contributed by atoms with E-state index in [1.54, 1.807) is 4.90 Å². The number of rotatable bonds is 1. The van der Waals surface area contributed by atoms with Crippen LogP contribution in [0.4, 0.5) is 4.79 Å². The molecule has 4 heteroatoms. The number of carbonyl (C=O) groups is 1. The molecule has 1 saturated heterocycles. The first-order chi connectivity index (χ1) is 10.8. The number of piperidine rings is 1. The summed E-state index contributed by atoms with van der Waals surface area (Å²) in [7, 11) is 0. The lowest BCUT2D eigenvalue weighted by Gasteiger charge is -2.36. The summed E-state index contributed by atoms with van der Waals surface area (Å²) >= 11 is 0. The average Bonchev–Trinajstić information content (AvgIpc) is 2.81. The van der Waals surface area contributed by atoms with E-state index in [-0.39, 0.29) is 12.0 Å². The predicted molar refractivity (Wildman–Crippen MR) is 90.3 cm³/mol. The Kier molecular flexibility index (Phi) is 4.09. The third-order valence-corrected chi connectivity index (χ3v) is 4.62. The highest BCUT2D eigenvalue weighted by atomic mass is 16.6. The first-order valence-electron chi connectivity index (χ1n) is 8.32. The monoisotopic (exact) mass is 315 g/mol.